The number of hydrogen-bond acceptors (Lipinski definition) is 14. The van der Waals surface area contributed by atoms with Gasteiger partial charge in [0.1, 0.15) is 23.9 Å². The number of nitrogens with one attached hydrogen (secondary N) is 6. The van der Waals surface area contributed by atoms with Crippen molar-refractivity contribution in [1.82, 2.24) is 20.9 Å². The van der Waals surface area contributed by atoms with Crippen molar-refractivity contribution in [2.24, 2.45) is 0 Å². The minimum absolute atomic E-state index is 0.00535. The van der Waals surface area contributed by atoms with Crippen molar-refractivity contribution in [2.75, 3.05) is 86.5 Å². The van der Waals surface area contributed by atoms with Crippen LogP contribution in [0, 0.1) is 0 Å². The molecule has 101 heavy (non-hydrogen) atoms. The van der Waals surface area contributed by atoms with Crippen molar-refractivity contribution >= 4 is 86.7 Å². The quantitative estimate of drug-likeness (QED) is 0.0120. The largest absolute Gasteiger partial charge is 0.493 e. The summed E-state index contributed by atoms with van der Waals surface area (Å²) in [4.78, 5) is 128. The minimum Gasteiger partial charge on any atom is -0.493 e. The summed E-state index contributed by atoms with van der Waals surface area (Å²) >= 11 is 0. The van der Waals surface area contributed by atoms with Crippen molar-refractivity contribution in [3.63, 3.8) is 0 Å². The molecule has 1 fully saturated rings. The number of hydrogen-bond donors (Lipinski definition) is 6. The first-order valence-electron chi connectivity index (χ1n) is 37.6. The van der Waals surface area contributed by atoms with Crippen molar-refractivity contribution in [3.05, 3.63) is 112 Å². The number of ether oxygens (including phenoxy) is 4. The summed E-state index contributed by atoms with van der Waals surface area (Å²) < 4.78 is 24.5. The molecule has 2 aliphatic rings. The Hall–Kier alpha value is -9.01. The van der Waals surface area contributed by atoms with Crippen LogP contribution in [0.1, 0.15) is 277 Å². The van der Waals surface area contributed by atoms with E-state index in [1.165, 1.54) is 36.8 Å². The number of imide groups is 1. The second-order valence-electron chi connectivity index (χ2n) is 26.4. The number of carbonyl (C=O) groups is 9. The van der Waals surface area contributed by atoms with Crippen LogP contribution < -0.4 is 51.0 Å². The van der Waals surface area contributed by atoms with E-state index < -0.39 is 54.5 Å². The van der Waals surface area contributed by atoms with Gasteiger partial charge < -0.3 is 55.7 Å². The lowest BCUT2D eigenvalue weighted by molar-refractivity contribution is -0.116. The van der Waals surface area contributed by atoms with Crippen molar-refractivity contribution < 1.29 is 62.1 Å². The summed E-state index contributed by atoms with van der Waals surface area (Å²) in [6, 6.07) is 21.0. The third-order valence-electron chi connectivity index (χ3n) is 18.2. The van der Waals surface area contributed by atoms with Crippen LogP contribution in [0.15, 0.2) is 78.9 Å². The number of nitrogens with zero attached hydrogens (tertiary/aromatic N) is 2. The number of amides is 8. The predicted octanol–water partition coefficient (Wildman–Crippen LogP) is 15.7. The first-order chi connectivity index (χ1) is 49.2. The van der Waals surface area contributed by atoms with Gasteiger partial charge in [0, 0.05) is 76.8 Å². The molecular formula is C80H110N8O13. The Bertz CT molecular complexity index is 3550. The van der Waals surface area contributed by atoms with Crippen molar-refractivity contribution in [3.8, 4) is 17.2 Å². The summed E-state index contributed by atoms with van der Waals surface area (Å²) in [6.45, 7) is 12.1. The lowest BCUT2D eigenvalue weighted by Gasteiger charge is -2.32. The summed E-state index contributed by atoms with van der Waals surface area (Å²) in [5.74, 6) is -4.54. The van der Waals surface area contributed by atoms with Gasteiger partial charge in [-0.2, -0.15) is 0 Å². The molecule has 2 heterocycles. The highest BCUT2D eigenvalue weighted by molar-refractivity contribution is 6.27. The average Bonchev–Trinajstić information content (AvgIpc) is 0.738. The fourth-order valence-electron chi connectivity index (χ4n) is 12.5. The fourth-order valence-corrected chi connectivity index (χ4v) is 12.5. The molecule has 8 amide bonds. The van der Waals surface area contributed by atoms with Gasteiger partial charge in [-0.15, -0.1) is 0 Å². The SMILES string of the molecule is CCCCCCCCOc1cc(OCCCCCCCC)c(C(=O)NCC(=O)Nc2ccc(OCCCCCCCC)c(C(=O)NCC(=O)Nc3cc(NC(=O)CCCC)cc(C(=O)OCCN4C(=O)c5cccc6c(N7CCCCC7)ccc(c56)C4=O)c3)c2)cc1C(=O)NCCCCCC. The third kappa shape index (κ3) is 25.2. The molecule has 0 spiro atoms. The van der Waals surface area contributed by atoms with E-state index in [1.807, 2.05) is 25.1 Å². The van der Waals surface area contributed by atoms with Crippen LogP contribution in [-0.4, -0.2) is 124 Å². The maximum Gasteiger partial charge on any atom is 0.338 e. The van der Waals surface area contributed by atoms with E-state index in [1.54, 1.807) is 30.3 Å². The lowest BCUT2D eigenvalue weighted by Crippen LogP contribution is -2.42. The fraction of sp³-hybridized carbons (Fsp3) is 0.537. The monoisotopic (exact) mass is 1390 g/mol. The van der Waals surface area contributed by atoms with E-state index in [9.17, 15) is 43.2 Å². The molecule has 5 aromatic carbocycles. The Balaban J connectivity index is 1.03. The Morgan fingerprint density at radius 1 is 0.426 bits per heavy atom. The molecule has 6 N–H and O–H groups in total. The lowest BCUT2D eigenvalue weighted by atomic mass is 9.92. The van der Waals surface area contributed by atoms with Crippen molar-refractivity contribution in [1.29, 1.82) is 0 Å². The molecule has 1 saturated heterocycles. The highest BCUT2D eigenvalue weighted by Crippen LogP contribution is 2.38. The van der Waals surface area contributed by atoms with Gasteiger partial charge in [-0.1, -0.05) is 169 Å². The number of benzene rings is 5. The first kappa shape index (κ1) is 79.3. The van der Waals surface area contributed by atoms with Gasteiger partial charge >= 0.3 is 5.97 Å². The zero-order valence-electron chi connectivity index (χ0n) is 60.6. The standard InChI is InChI=1S/C80H110N8O13/c1-6-11-16-20-23-30-45-98-68-40-37-58(84-72(90)55-83-77(94)66-53-65(75(92)81-41-27-19-14-9-4)69(99-46-31-24-21-17-12-7-2)54-70(66)100-47-32-25-22-18-13-8-3)52-64(68)76(93)82-56-73(91)86-60-50-57(49-59(51-60)85-71(89)36-15-10-5)80(97)101-48-44-88-78(95)62-35-33-34-61-67(87-42-28-26-29-43-87)39-38-63(74(61)62)79(88)96/h33-35,37-40,49-54H,6-32,36,41-48,55-56H2,1-5H3,(H,81,92)(H,82,93)(H,83,94)(H,84,90)(H,85,89)(H,86,91). The molecule has 0 unspecified atom stereocenters. The maximum absolute atomic E-state index is 14.3. The van der Waals surface area contributed by atoms with Gasteiger partial charge in [0.15, 0.2) is 0 Å². The van der Waals surface area contributed by atoms with E-state index in [0.29, 0.717) is 61.5 Å². The zero-order chi connectivity index (χ0) is 72.1. The molecule has 7 rings (SSSR count). The summed E-state index contributed by atoms with van der Waals surface area (Å²) in [6.07, 6.45) is 27.1. The maximum atomic E-state index is 14.3. The zero-order valence-corrected chi connectivity index (χ0v) is 60.6. The number of unbranched alkanes of at least 4 members (excludes halogenated alkanes) is 19. The Labute approximate surface area is 597 Å². The van der Waals surface area contributed by atoms with Gasteiger partial charge in [-0.05, 0) is 112 Å². The molecule has 0 bridgehead atoms. The van der Waals surface area contributed by atoms with Crippen LogP contribution in [0.2, 0.25) is 0 Å². The van der Waals surface area contributed by atoms with E-state index in [-0.39, 0.29) is 82.2 Å². The first-order valence-corrected chi connectivity index (χ1v) is 37.6. The molecule has 2 aliphatic heterocycles. The molecule has 21 heteroatoms. The van der Waals surface area contributed by atoms with Crippen LogP contribution in [0.5, 0.6) is 17.2 Å². The normalized spacial score (nSPS) is 12.6. The minimum atomic E-state index is -0.859. The second kappa shape index (κ2) is 43.6. The molecule has 21 nitrogen and oxygen atoms in total. The summed E-state index contributed by atoms with van der Waals surface area (Å²) in [5, 5.41) is 18.1. The topological polar surface area (TPSA) is 269 Å². The number of piperidine rings is 1. The van der Waals surface area contributed by atoms with Crippen LogP contribution >= 0.6 is 0 Å². The molecule has 0 aromatic heterocycles. The second-order valence-corrected chi connectivity index (χ2v) is 26.4. The molecule has 0 aliphatic carbocycles. The Kier molecular flexibility index (Phi) is 34.2. The van der Waals surface area contributed by atoms with E-state index in [4.69, 9.17) is 18.9 Å². The number of carbonyl (C=O) groups excluding carboxylic acids is 9. The molecule has 548 valence electrons. The van der Waals surface area contributed by atoms with Gasteiger partial charge in [-0.3, -0.25) is 43.3 Å². The van der Waals surface area contributed by atoms with Crippen LogP contribution in [0.25, 0.3) is 10.8 Å². The molecule has 0 saturated carbocycles. The highest BCUT2D eigenvalue weighted by atomic mass is 16.5. The van der Waals surface area contributed by atoms with Gasteiger partial charge in [0.25, 0.3) is 29.5 Å². The average molecular weight is 1390 g/mol. The van der Waals surface area contributed by atoms with E-state index in [0.717, 1.165) is 183 Å². The highest BCUT2D eigenvalue weighted by Gasteiger charge is 2.34. The molecular weight excluding hydrogens is 1280 g/mol. The summed E-state index contributed by atoms with van der Waals surface area (Å²) in [5.41, 5.74) is 2.40. The summed E-state index contributed by atoms with van der Waals surface area (Å²) in [7, 11) is 0. The molecule has 0 radical (unpaired) electrons. The number of rotatable bonds is 47. The van der Waals surface area contributed by atoms with Crippen LogP contribution in [0.3, 0.4) is 0 Å². The van der Waals surface area contributed by atoms with Gasteiger partial charge in [-0.25, -0.2) is 4.79 Å². The van der Waals surface area contributed by atoms with Crippen LogP contribution in [-0.2, 0) is 19.1 Å². The Morgan fingerprint density at radius 2 is 0.911 bits per heavy atom. The van der Waals surface area contributed by atoms with Gasteiger partial charge in [0.2, 0.25) is 17.7 Å². The van der Waals surface area contributed by atoms with Crippen molar-refractivity contribution in [2.45, 2.75) is 214 Å². The third-order valence-corrected chi connectivity index (χ3v) is 18.2. The number of anilines is 4. The van der Waals surface area contributed by atoms with Gasteiger partial charge in [0.05, 0.1) is 61.7 Å². The number of esters is 1. The van der Waals surface area contributed by atoms with Crippen LogP contribution in [0.4, 0.5) is 22.7 Å². The predicted molar refractivity (Wildman–Crippen MR) is 398 cm³/mol. The van der Waals surface area contributed by atoms with E-state index in [2.05, 4.69) is 64.5 Å². The molecule has 0 atom stereocenters. The Morgan fingerprint density at radius 3 is 1.48 bits per heavy atom. The molecule has 5 aromatic rings. The smallest absolute Gasteiger partial charge is 0.338 e. The van der Waals surface area contributed by atoms with E-state index >= 15 is 0 Å².